The summed E-state index contributed by atoms with van der Waals surface area (Å²) in [6.07, 6.45) is 13.9. The van der Waals surface area contributed by atoms with Crippen molar-refractivity contribution in [2.24, 2.45) is 0 Å². The van der Waals surface area contributed by atoms with E-state index in [0.717, 1.165) is 19.4 Å². The van der Waals surface area contributed by atoms with Gasteiger partial charge in [0.25, 0.3) is 5.91 Å². The second-order valence-corrected chi connectivity index (χ2v) is 7.52. The van der Waals surface area contributed by atoms with Crippen molar-refractivity contribution in [2.45, 2.75) is 77.6 Å². The molecule has 0 unspecified atom stereocenters. The van der Waals surface area contributed by atoms with Gasteiger partial charge in [0.15, 0.2) is 11.5 Å². The molecule has 1 rings (SSSR count). The van der Waals surface area contributed by atoms with Gasteiger partial charge < -0.3 is 25.6 Å². The van der Waals surface area contributed by atoms with Gasteiger partial charge in [0.2, 0.25) is 0 Å². The van der Waals surface area contributed by atoms with Crippen molar-refractivity contribution in [1.82, 2.24) is 5.32 Å². The van der Waals surface area contributed by atoms with Crippen LogP contribution in [0.4, 0.5) is 5.69 Å². The summed E-state index contributed by atoms with van der Waals surface area (Å²) in [7, 11) is 1.42. The Hall–Kier alpha value is -1.95. The van der Waals surface area contributed by atoms with Crippen LogP contribution in [0.2, 0.25) is 0 Å². The molecule has 4 N–H and O–H groups in total. The highest BCUT2D eigenvalue weighted by molar-refractivity contribution is 5.98. The molecule has 0 spiro atoms. The predicted molar refractivity (Wildman–Crippen MR) is 119 cm³/mol. The summed E-state index contributed by atoms with van der Waals surface area (Å²) in [4.78, 5) is 12.2. The quantitative estimate of drug-likeness (QED) is 0.191. The third kappa shape index (κ3) is 11.0. The lowest BCUT2D eigenvalue weighted by Gasteiger charge is -2.11. The van der Waals surface area contributed by atoms with Crippen LogP contribution >= 0.6 is 0 Å². The van der Waals surface area contributed by atoms with Gasteiger partial charge in [0, 0.05) is 31.5 Å². The molecule has 29 heavy (non-hydrogen) atoms. The lowest BCUT2D eigenvalue weighted by molar-refractivity contribution is 0.0937. The van der Waals surface area contributed by atoms with Gasteiger partial charge in [-0.3, -0.25) is 4.79 Å². The average Bonchev–Trinajstić information content (AvgIpc) is 2.72. The summed E-state index contributed by atoms with van der Waals surface area (Å²) in [5, 5.41) is 12.8. The van der Waals surface area contributed by atoms with Crippen LogP contribution in [-0.2, 0) is 4.74 Å². The zero-order chi connectivity index (χ0) is 21.3. The number of rotatable bonds is 17. The summed E-state index contributed by atoms with van der Waals surface area (Å²) in [6.45, 7) is 4.12. The highest BCUT2D eigenvalue weighted by Gasteiger charge is 2.16. The SMILES string of the molecule is CCCCCCCCCCCCOCCCNC(=O)c1cc(N)cc(OC)c1O. The summed E-state index contributed by atoms with van der Waals surface area (Å²) in [5.41, 5.74) is 6.22. The van der Waals surface area contributed by atoms with Crippen LogP contribution in [0.3, 0.4) is 0 Å². The fraction of sp³-hybridized carbons (Fsp3) is 0.696. The fourth-order valence-electron chi connectivity index (χ4n) is 3.22. The first-order valence-corrected chi connectivity index (χ1v) is 11.1. The summed E-state index contributed by atoms with van der Waals surface area (Å²) in [6, 6.07) is 2.92. The number of phenols is 1. The molecule has 0 aliphatic heterocycles. The van der Waals surface area contributed by atoms with E-state index in [9.17, 15) is 9.90 Å². The van der Waals surface area contributed by atoms with Gasteiger partial charge in [-0.25, -0.2) is 0 Å². The van der Waals surface area contributed by atoms with Gasteiger partial charge >= 0.3 is 0 Å². The highest BCUT2D eigenvalue weighted by atomic mass is 16.5. The van der Waals surface area contributed by atoms with Crippen molar-refractivity contribution in [2.75, 3.05) is 32.6 Å². The minimum atomic E-state index is -0.372. The van der Waals surface area contributed by atoms with Gasteiger partial charge in [-0.15, -0.1) is 0 Å². The number of nitrogen functional groups attached to an aromatic ring is 1. The van der Waals surface area contributed by atoms with Crippen molar-refractivity contribution >= 4 is 11.6 Å². The molecule has 0 bridgehead atoms. The van der Waals surface area contributed by atoms with Gasteiger partial charge in [0.05, 0.1) is 12.7 Å². The molecule has 0 radical (unpaired) electrons. The van der Waals surface area contributed by atoms with Gasteiger partial charge in [0.1, 0.15) is 0 Å². The number of phenolic OH excluding ortho intramolecular Hbond substituents is 1. The lowest BCUT2D eigenvalue weighted by atomic mass is 10.1. The van der Waals surface area contributed by atoms with Crippen LogP contribution in [0.25, 0.3) is 0 Å². The molecular formula is C23H40N2O4. The van der Waals surface area contributed by atoms with E-state index < -0.39 is 0 Å². The molecule has 0 aliphatic carbocycles. The zero-order valence-corrected chi connectivity index (χ0v) is 18.3. The van der Waals surface area contributed by atoms with Gasteiger partial charge in [-0.1, -0.05) is 64.7 Å². The molecule has 0 heterocycles. The number of aromatic hydroxyl groups is 1. The Bertz CT molecular complexity index is 578. The third-order valence-electron chi connectivity index (χ3n) is 4.96. The van der Waals surface area contributed by atoms with Crippen LogP contribution in [-0.4, -0.2) is 37.9 Å². The molecule has 166 valence electrons. The minimum absolute atomic E-state index is 0.119. The largest absolute Gasteiger partial charge is 0.504 e. The maximum atomic E-state index is 12.2. The standard InChI is InChI=1S/C23H40N2O4/c1-3-4-5-6-7-8-9-10-11-12-15-29-16-13-14-25-23(27)20-17-19(24)18-21(28-2)22(20)26/h17-18,26H,3-16,24H2,1-2H3,(H,25,27). The molecule has 0 atom stereocenters. The summed E-state index contributed by atoms with van der Waals surface area (Å²) in [5.74, 6) is -0.380. The number of nitrogens with two attached hydrogens (primary N) is 1. The Balaban J connectivity index is 2.00. The number of carbonyl (C=O) groups excluding carboxylic acids is 1. The van der Waals surface area contributed by atoms with Crippen molar-refractivity contribution in [1.29, 1.82) is 0 Å². The van der Waals surface area contributed by atoms with Crippen molar-refractivity contribution in [3.05, 3.63) is 17.7 Å². The number of hydrogen-bond acceptors (Lipinski definition) is 5. The first-order chi connectivity index (χ1) is 14.1. The number of nitrogens with one attached hydrogen (secondary N) is 1. The van der Waals surface area contributed by atoms with Crippen LogP contribution in [0.5, 0.6) is 11.5 Å². The molecular weight excluding hydrogens is 368 g/mol. The normalized spacial score (nSPS) is 10.8. The van der Waals surface area contributed by atoms with E-state index in [0.29, 0.717) is 18.8 Å². The second-order valence-electron chi connectivity index (χ2n) is 7.52. The molecule has 1 aromatic carbocycles. The number of carbonyl (C=O) groups is 1. The molecule has 0 aliphatic rings. The van der Waals surface area contributed by atoms with E-state index in [1.165, 1.54) is 77.0 Å². The summed E-state index contributed by atoms with van der Waals surface area (Å²) < 4.78 is 10.6. The molecule has 0 saturated heterocycles. The van der Waals surface area contributed by atoms with Crippen molar-refractivity contribution in [3.63, 3.8) is 0 Å². The van der Waals surface area contributed by atoms with E-state index >= 15 is 0 Å². The second kappa shape index (κ2) is 15.9. The number of benzene rings is 1. The molecule has 1 aromatic rings. The fourth-order valence-corrected chi connectivity index (χ4v) is 3.22. The Morgan fingerprint density at radius 2 is 1.55 bits per heavy atom. The highest BCUT2D eigenvalue weighted by Crippen LogP contribution is 2.32. The third-order valence-corrected chi connectivity index (χ3v) is 4.96. The summed E-state index contributed by atoms with van der Waals surface area (Å²) >= 11 is 0. The van der Waals surface area contributed by atoms with Crippen molar-refractivity contribution in [3.8, 4) is 11.5 Å². The van der Waals surface area contributed by atoms with E-state index in [1.807, 2.05) is 0 Å². The predicted octanol–water partition coefficient (Wildman–Crippen LogP) is 5.04. The Labute approximate surface area is 176 Å². The monoisotopic (exact) mass is 408 g/mol. The molecule has 6 nitrogen and oxygen atoms in total. The number of ether oxygens (including phenoxy) is 2. The van der Waals surface area contributed by atoms with Crippen molar-refractivity contribution < 1.29 is 19.4 Å². The smallest absolute Gasteiger partial charge is 0.255 e. The number of amides is 1. The topological polar surface area (TPSA) is 93.8 Å². The number of unbranched alkanes of at least 4 members (excludes halogenated alkanes) is 9. The van der Waals surface area contributed by atoms with Crippen LogP contribution in [0.1, 0.15) is 87.9 Å². The van der Waals surface area contributed by atoms with Crippen LogP contribution in [0.15, 0.2) is 12.1 Å². The number of methoxy groups -OCH3 is 1. The van der Waals surface area contributed by atoms with Crippen LogP contribution < -0.4 is 15.8 Å². The minimum Gasteiger partial charge on any atom is -0.504 e. The molecule has 0 saturated carbocycles. The number of anilines is 1. The molecule has 0 aromatic heterocycles. The number of hydrogen-bond donors (Lipinski definition) is 3. The maximum Gasteiger partial charge on any atom is 0.255 e. The van der Waals surface area contributed by atoms with E-state index in [-0.39, 0.29) is 23.0 Å². The Kier molecular flexibility index (Phi) is 13.8. The van der Waals surface area contributed by atoms with Crippen LogP contribution in [0, 0.1) is 0 Å². The zero-order valence-electron chi connectivity index (χ0n) is 18.3. The Morgan fingerprint density at radius 3 is 2.17 bits per heavy atom. The lowest BCUT2D eigenvalue weighted by Crippen LogP contribution is -2.25. The average molecular weight is 409 g/mol. The molecule has 0 fully saturated rings. The van der Waals surface area contributed by atoms with Gasteiger partial charge in [-0.05, 0) is 18.9 Å². The first kappa shape index (κ1) is 25.1. The van der Waals surface area contributed by atoms with Gasteiger partial charge in [-0.2, -0.15) is 0 Å². The van der Waals surface area contributed by atoms with E-state index in [4.69, 9.17) is 15.2 Å². The molecule has 1 amide bonds. The van der Waals surface area contributed by atoms with E-state index in [2.05, 4.69) is 12.2 Å². The Morgan fingerprint density at radius 1 is 0.966 bits per heavy atom. The van der Waals surface area contributed by atoms with E-state index in [1.54, 1.807) is 0 Å². The maximum absolute atomic E-state index is 12.2. The first-order valence-electron chi connectivity index (χ1n) is 11.1. The molecule has 6 heteroatoms.